The molecule has 2 heteroatoms. The van der Waals surface area contributed by atoms with Crippen LogP contribution in [0.2, 0.25) is 0 Å². The molecule has 0 amide bonds. The summed E-state index contributed by atoms with van der Waals surface area (Å²) in [6.45, 7) is 6.24. The van der Waals surface area contributed by atoms with Crippen molar-refractivity contribution in [2.75, 3.05) is 0 Å². The minimum absolute atomic E-state index is 0.224. The monoisotopic (exact) mass is 205 g/mol. The van der Waals surface area contributed by atoms with Crippen molar-refractivity contribution in [3.05, 3.63) is 29.6 Å². The van der Waals surface area contributed by atoms with Gasteiger partial charge in [-0.25, -0.2) is 0 Å². The number of nitrogens with zero attached hydrogens (tertiary/aromatic N) is 1. The third-order valence-electron chi connectivity index (χ3n) is 2.65. The second-order valence-corrected chi connectivity index (χ2v) is 4.21. The maximum atomic E-state index is 11.9. The summed E-state index contributed by atoms with van der Waals surface area (Å²) in [6.07, 6.45) is 6.30. The number of Topliss-reactive ketones (excluding diaryl/α,β-unsaturated/α-hetero) is 1. The number of aromatic nitrogens is 1. The summed E-state index contributed by atoms with van der Waals surface area (Å²) in [5.41, 5.74) is 1.80. The molecule has 0 bridgehead atoms. The van der Waals surface area contributed by atoms with Crippen LogP contribution in [0.5, 0.6) is 0 Å². The summed E-state index contributed by atoms with van der Waals surface area (Å²) in [5, 5.41) is 0. The number of ketones is 1. The Morgan fingerprint density at radius 2 is 2.27 bits per heavy atom. The van der Waals surface area contributed by atoms with Gasteiger partial charge in [0.25, 0.3) is 0 Å². The Morgan fingerprint density at radius 3 is 2.87 bits per heavy atom. The topological polar surface area (TPSA) is 30.0 Å². The zero-order valence-corrected chi connectivity index (χ0v) is 9.79. The Balaban J connectivity index is 2.65. The van der Waals surface area contributed by atoms with E-state index in [1.54, 1.807) is 12.4 Å². The Labute approximate surface area is 91.7 Å². The van der Waals surface area contributed by atoms with Gasteiger partial charge in [0.1, 0.15) is 0 Å². The van der Waals surface area contributed by atoms with Gasteiger partial charge in [0.15, 0.2) is 5.78 Å². The zero-order valence-electron chi connectivity index (χ0n) is 9.79. The fourth-order valence-corrected chi connectivity index (χ4v) is 1.78. The first kappa shape index (κ1) is 11.9. The molecule has 1 unspecified atom stereocenters. The van der Waals surface area contributed by atoms with E-state index < -0.39 is 0 Å². The molecule has 0 spiro atoms. The lowest BCUT2D eigenvalue weighted by atomic mass is 9.95. The molecule has 82 valence electrons. The minimum atomic E-state index is 0.224. The van der Waals surface area contributed by atoms with E-state index in [9.17, 15) is 4.79 Å². The molecule has 1 aromatic heterocycles. The molecule has 1 heterocycles. The largest absolute Gasteiger partial charge is 0.294 e. The van der Waals surface area contributed by atoms with Gasteiger partial charge in [0.2, 0.25) is 0 Å². The third-order valence-corrected chi connectivity index (χ3v) is 2.65. The van der Waals surface area contributed by atoms with Crippen LogP contribution in [0, 0.1) is 12.8 Å². The fourth-order valence-electron chi connectivity index (χ4n) is 1.78. The van der Waals surface area contributed by atoms with Gasteiger partial charge in [-0.05, 0) is 24.5 Å². The molecule has 1 atom stereocenters. The first-order chi connectivity index (χ1) is 7.15. The summed E-state index contributed by atoms with van der Waals surface area (Å²) >= 11 is 0. The highest BCUT2D eigenvalue weighted by molar-refractivity contribution is 5.97. The van der Waals surface area contributed by atoms with E-state index in [0.717, 1.165) is 24.0 Å². The van der Waals surface area contributed by atoms with Gasteiger partial charge in [0.05, 0.1) is 0 Å². The second-order valence-electron chi connectivity index (χ2n) is 4.21. The van der Waals surface area contributed by atoms with Crippen LogP contribution in [0.4, 0.5) is 0 Å². The van der Waals surface area contributed by atoms with E-state index in [1.807, 2.05) is 13.0 Å². The third kappa shape index (κ3) is 3.46. The van der Waals surface area contributed by atoms with E-state index in [0.29, 0.717) is 12.3 Å². The summed E-state index contributed by atoms with van der Waals surface area (Å²) in [6, 6.07) is 1.89. The highest BCUT2D eigenvalue weighted by atomic mass is 16.1. The maximum absolute atomic E-state index is 11.9. The number of carbonyl (C=O) groups is 1. The average Bonchev–Trinajstić information content (AvgIpc) is 2.18. The van der Waals surface area contributed by atoms with Crippen molar-refractivity contribution in [3.8, 4) is 0 Å². The van der Waals surface area contributed by atoms with Gasteiger partial charge in [-0.1, -0.05) is 26.7 Å². The number of hydrogen-bond donors (Lipinski definition) is 0. The van der Waals surface area contributed by atoms with Crippen molar-refractivity contribution in [1.29, 1.82) is 0 Å². The molecule has 0 aromatic carbocycles. The van der Waals surface area contributed by atoms with E-state index in [4.69, 9.17) is 0 Å². The first-order valence-electron chi connectivity index (χ1n) is 5.59. The Bertz CT molecular complexity index is 333. The van der Waals surface area contributed by atoms with Crippen molar-refractivity contribution < 1.29 is 4.79 Å². The van der Waals surface area contributed by atoms with Gasteiger partial charge in [-0.2, -0.15) is 0 Å². The van der Waals surface area contributed by atoms with E-state index in [-0.39, 0.29) is 5.78 Å². The van der Waals surface area contributed by atoms with Crippen LogP contribution in [-0.4, -0.2) is 10.8 Å². The lowest BCUT2D eigenvalue weighted by Gasteiger charge is -2.09. The van der Waals surface area contributed by atoms with Crippen molar-refractivity contribution >= 4 is 5.78 Å². The van der Waals surface area contributed by atoms with Crippen LogP contribution >= 0.6 is 0 Å². The molecule has 2 nitrogen and oxygen atoms in total. The van der Waals surface area contributed by atoms with Crippen LogP contribution in [0.15, 0.2) is 18.5 Å². The molecule has 0 aliphatic rings. The Hall–Kier alpha value is -1.18. The molecule has 1 aromatic rings. The Kier molecular flexibility index (Phi) is 4.47. The molecule has 0 N–H and O–H groups in total. The molecular weight excluding hydrogens is 186 g/mol. The molecule has 0 aliphatic heterocycles. The smallest absolute Gasteiger partial charge is 0.164 e. The zero-order chi connectivity index (χ0) is 11.3. The summed E-state index contributed by atoms with van der Waals surface area (Å²) in [5.74, 6) is 0.698. The lowest BCUT2D eigenvalue weighted by molar-refractivity contribution is 0.0961. The van der Waals surface area contributed by atoms with E-state index in [2.05, 4.69) is 18.8 Å². The number of pyridine rings is 1. The standard InChI is InChI=1S/C13H19NO/c1-4-5-10(2)8-13(15)12-9-14-7-6-11(12)3/h6-7,9-10H,4-5,8H2,1-3H3. The Morgan fingerprint density at radius 1 is 1.53 bits per heavy atom. The molecule has 0 saturated carbocycles. The van der Waals surface area contributed by atoms with Gasteiger partial charge in [-0.15, -0.1) is 0 Å². The molecule has 0 aliphatic carbocycles. The van der Waals surface area contributed by atoms with Gasteiger partial charge in [0, 0.05) is 24.4 Å². The normalized spacial score (nSPS) is 12.5. The number of hydrogen-bond acceptors (Lipinski definition) is 2. The van der Waals surface area contributed by atoms with Gasteiger partial charge in [-0.3, -0.25) is 9.78 Å². The maximum Gasteiger partial charge on any atom is 0.164 e. The van der Waals surface area contributed by atoms with E-state index in [1.165, 1.54) is 0 Å². The predicted molar refractivity (Wildman–Crippen MR) is 62.0 cm³/mol. The molecule has 0 radical (unpaired) electrons. The van der Waals surface area contributed by atoms with Crippen LogP contribution in [0.3, 0.4) is 0 Å². The van der Waals surface area contributed by atoms with Gasteiger partial charge < -0.3 is 0 Å². The van der Waals surface area contributed by atoms with Crippen molar-refractivity contribution in [2.24, 2.45) is 5.92 Å². The number of aryl methyl sites for hydroxylation is 1. The molecule has 1 rings (SSSR count). The summed E-state index contributed by atoms with van der Waals surface area (Å²) in [4.78, 5) is 15.9. The van der Waals surface area contributed by atoms with Crippen molar-refractivity contribution in [2.45, 2.75) is 40.0 Å². The highest BCUT2D eigenvalue weighted by Gasteiger charge is 2.12. The highest BCUT2D eigenvalue weighted by Crippen LogP contribution is 2.15. The fraction of sp³-hybridized carbons (Fsp3) is 0.538. The quantitative estimate of drug-likeness (QED) is 0.689. The number of carbonyl (C=O) groups excluding carboxylic acids is 1. The first-order valence-corrected chi connectivity index (χ1v) is 5.59. The lowest BCUT2D eigenvalue weighted by Crippen LogP contribution is -2.07. The molecular formula is C13H19NO. The summed E-state index contributed by atoms with van der Waals surface area (Å²) < 4.78 is 0. The van der Waals surface area contributed by atoms with Crippen LogP contribution in [-0.2, 0) is 0 Å². The minimum Gasteiger partial charge on any atom is -0.294 e. The number of rotatable bonds is 5. The van der Waals surface area contributed by atoms with Gasteiger partial charge >= 0.3 is 0 Å². The predicted octanol–water partition coefficient (Wildman–Crippen LogP) is 3.40. The second kappa shape index (κ2) is 5.64. The van der Waals surface area contributed by atoms with E-state index >= 15 is 0 Å². The van der Waals surface area contributed by atoms with Crippen LogP contribution < -0.4 is 0 Å². The molecule has 0 fully saturated rings. The average molecular weight is 205 g/mol. The molecule has 15 heavy (non-hydrogen) atoms. The summed E-state index contributed by atoms with van der Waals surface area (Å²) in [7, 11) is 0. The molecule has 0 saturated heterocycles. The van der Waals surface area contributed by atoms with Crippen molar-refractivity contribution in [1.82, 2.24) is 4.98 Å². The van der Waals surface area contributed by atoms with Crippen LogP contribution in [0.1, 0.15) is 49.0 Å². The SMILES string of the molecule is CCCC(C)CC(=O)c1cnccc1C. The van der Waals surface area contributed by atoms with Crippen molar-refractivity contribution in [3.63, 3.8) is 0 Å². The van der Waals surface area contributed by atoms with Crippen LogP contribution in [0.25, 0.3) is 0 Å².